The highest BCUT2D eigenvalue weighted by Crippen LogP contribution is 2.16. The van der Waals surface area contributed by atoms with Crippen molar-refractivity contribution in [2.45, 2.75) is 52.6 Å². The highest BCUT2D eigenvalue weighted by atomic mass is 16.3. The lowest BCUT2D eigenvalue weighted by Gasteiger charge is -2.10. The molecule has 2 heteroatoms. The Morgan fingerprint density at radius 3 is 2.39 bits per heavy atom. The zero-order chi connectivity index (χ0) is 13.4. The van der Waals surface area contributed by atoms with Gasteiger partial charge in [-0.25, -0.2) is 0 Å². The van der Waals surface area contributed by atoms with Crippen molar-refractivity contribution in [2.75, 3.05) is 0 Å². The van der Waals surface area contributed by atoms with Gasteiger partial charge in [0, 0.05) is 11.5 Å². The molecule has 0 amide bonds. The fourth-order valence-electron chi connectivity index (χ4n) is 2.07. The first-order valence-corrected chi connectivity index (χ1v) is 6.93. The average molecular weight is 248 g/mol. The van der Waals surface area contributed by atoms with E-state index in [2.05, 4.69) is 6.92 Å². The molecule has 0 saturated heterocycles. The Labute approximate surface area is 110 Å². The van der Waals surface area contributed by atoms with E-state index in [0.717, 1.165) is 24.0 Å². The summed E-state index contributed by atoms with van der Waals surface area (Å²) in [6.45, 7) is 4.23. The SMILES string of the molecule is CCCCCCC(C)C(=O)c1ccc(CO)cc1. The standard InChI is InChI=1S/C16H24O2/c1-3-4-5-6-7-13(2)16(18)15-10-8-14(12-17)9-11-15/h8-11,13,17H,3-7,12H2,1-2H3. The number of rotatable bonds is 8. The lowest BCUT2D eigenvalue weighted by atomic mass is 9.93. The van der Waals surface area contributed by atoms with Crippen LogP contribution in [0, 0.1) is 5.92 Å². The van der Waals surface area contributed by atoms with Gasteiger partial charge in [0.25, 0.3) is 0 Å². The molecule has 0 spiro atoms. The minimum absolute atomic E-state index is 0.0288. The molecule has 0 radical (unpaired) electrons. The monoisotopic (exact) mass is 248 g/mol. The predicted octanol–water partition coefficient (Wildman–Crippen LogP) is 3.97. The minimum Gasteiger partial charge on any atom is -0.392 e. The van der Waals surface area contributed by atoms with Gasteiger partial charge < -0.3 is 5.11 Å². The maximum atomic E-state index is 12.1. The van der Waals surface area contributed by atoms with Crippen LogP contribution < -0.4 is 0 Å². The van der Waals surface area contributed by atoms with Gasteiger partial charge in [0.2, 0.25) is 0 Å². The molecule has 0 bridgehead atoms. The third-order valence-electron chi connectivity index (χ3n) is 3.36. The van der Waals surface area contributed by atoms with Crippen LogP contribution in [-0.4, -0.2) is 10.9 Å². The van der Waals surface area contributed by atoms with E-state index >= 15 is 0 Å². The lowest BCUT2D eigenvalue weighted by Crippen LogP contribution is -2.11. The minimum atomic E-state index is 0.0288. The molecule has 0 heterocycles. The van der Waals surface area contributed by atoms with E-state index in [1.165, 1.54) is 19.3 Å². The molecule has 1 atom stereocenters. The van der Waals surface area contributed by atoms with Crippen LogP contribution in [0.2, 0.25) is 0 Å². The summed E-state index contributed by atoms with van der Waals surface area (Å²) in [6.07, 6.45) is 5.81. The molecule has 0 aliphatic carbocycles. The summed E-state index contributed by atoms with van der Waals surface area (Å²) in [5, 5.41) is 8.96. The second-order valence-corrected chi connectivity index (χ2v) is 4.97. The van der Waals surface area contributed by atoms with Gasteiger partial charge >= 0.3 is 0 Å². The van der Waals surface area contributed by atoms with E-state index in [1.807, 2.05) is 31.2 Å². The maximum Gasteiger partial charge on any atom is 0.165 e. The number of carbonyl (C=O) groups is 1. The molecule has 0 aromatic heterocycles. The molecule has 0 aliphatic rings. The van der Waals surface area contributed by atoms with E-state index in [0.29, 0.717) is 0 Å². The Morgan fingerprint density at radius 1 is 1.17 bits per heavy atom. The molecule has 1 unspecified atom stereocenters. The zero-order valence-corrected chi connectivity index (χ0v) is 11.5. The normalized spacial score (nSPS) is 12.4. The van der Waals surface area contributed by atoms with E-state index in [9.17, 15) is 4.79 Å². The first kappa shape index (κ1) is 14.9. The number of ketones is 1. The Balaban J connectivity index is 2.46. The Kier molecular flexibility index (Phi) is 6.66. The third-order valence-corrected chi connectivity index (χ3v) is 3.36. The van der Waals surface area contributed by atoms with Gasteiger partial charge in [-0.15, -0.1) is 0 Å². The van der Waals surface area contributed by atoms with Crippen molar-refractivity contribution in [3.8, 4) is 0 Å². The number of aliphatic hydroxyl groups excluding tert-OH is 1. The molecular formula is C16H24O2. The molecule has 1 N–H and O–H groups in total. The number of hydrogen-bond donors (Lipinski definition) is 1. The number of benzene rings is 1. The highest BCUT2D eigenvalue weighted by Gasteiger charge is 2.14. The Hall–Kier alpha value is -1.15. The van der Waals surface area contributed by atoms with Gasteiger partial charge in [-0.05, 0) is 12.0 Å². The second-order valence-electron chi connectivity index (χ2n) is 4.97. The van der Waals surface area contributed by atoms with Crippen molar-refractivity contribution in [3.05, 3.63) is 35.4 Å². The van der Waals surface area contributed by atoms with Crippen molar-refractivity contribution in [1.82, 2.24) is 0 Å². The smallest absolute Gasteiger partial charge is 0.165 e. The maximum absolute atomic E-state index is 12.1. The number of aliphatic hydroxyl groups is 1. The van der Waals surface area contributed by atoms with E-state index < -0.39 is 0 Å². The first-order chi connectivity index (χ1) is 8.69. The predicted molar refractivity (Wildman–Crippen MR) is 74.6 cm³/mol. The summed E-state index contributed by atoms with van der Waals surface area (Å²) in [5.41, 5.74) is 1.61. The zero-order valence-electron chi connectivity index (χ0n) is 11.5. The lowest BCUT2D eigenvalue weighted by molar-refractivity contribution is 0.0922. The molecule has 0 fully saturated rings. The van der Waals surface area contributed by atoms with Gasteiger partial charge in [-0.2, -0.15) is 0 Å². The summed E-state index contributed by atoms with van der Waals surface area (Å²) in [4.78, 5) is 12.1. The molecule has 18 heavy (non-hydrogen) atoms. The second kappa shape index (κ2) is 8.04. The molecule has 0 aliphatic heterocycles. The van der Waals surface area contributed by atoms with Crippen molar-refractivity contribution < 1.29 is 9.90 Å². The summed E-state index contributed by atoms with van der Waals surface area (Å²) in [5.74, 6) is 0.317. The van der Waals surface area contributed by atoms with Crippen molar-refractivity contribution in [3.63, 3.8) is 0 Å². The topological polar surface area (TPSA) is 37.3 Å². The molecule has 1 rings (SSSR count). The Morgan fingerprint density at radius 2 is 1.83 bits per heavy atom. The van der Waals surface area contributed by atoms with E-state index in [4.69, 9.17) is 5.11 Å². The first-order valence-electron chi connectivity index (χ1n) is 6.93. The van der Waals surface area contributed by atoms with Crippen LogP contribution in [0.3, 0.4) is 0 Å². The number of carbonyl (C=O) groups excluding carboxylic acids is 1. The number of hydrogen-bond acceptors (Lipinski definition) is 2. The molecule has 100 valence electrons. The van der Waals surface area contributed by atoms with E-state index in [-0.39, 0.29) is 18.3 Å². The van der Waals surface area contributed by atoms with Crippen molar-refractivity contribution in [1.29, 1.82) is 0 Å². The van der Waals surface area contributed by atoms with Crippen LogP contribution >= 0.6 is 0 Å². The Bertz CT molecular complexity index is 354. The van der Waals surface area contributed by atoms with Gasteiger partial charge in [0.05, 0.1) is 6.61 Å². The summed E-state index contributed by atoms with van der Waals surface area (Å²) in [7, 11) is 0. The fraction of sp³-hybridized carbons (Fsp3) is 0.562. The van der Waals surface area contributed by atoms with Gasteiger partial charge in [-0.1, -0.05) is 63.8 Å². The number of unbranched alkanes of at least 4 members (excludes halogenated alkanes) is 3. The largest absolute Gasteiger partial charge is 0.392 e. The molecular weight excluding hydrogens is 224 g/mol. The third kappa shape index (κ3) is 4.61. The summed E-state index contributed by atoms with van der Waals surface area (Å²) < 4.78 is 0. The van der Waals surface area contributed by atoms with E-state index in [1.54, 1.807) is 0 Å². The fourth-order valence-corrected chi connectivity index (χ4v) is 2.07. The molecule has 2 nitrogen and oxygen atoms in total. The molecule has 1 aromatic carbocycles. The van der Waals surface area contributed by atoms with Crippen LogP contribution in [0.25, 0.3) is 0 Å². The van der Waals surface area contributed by atoms with Crippen LogP contribution in [0.1, 0.15) is 61.9 Å². The highest BCUT2D eigenvalue weighted by molar-refractivity contribution is 5.97. The molecule has 1 aromatic rings. The van der Waals surface area contributed by atoms with Crippen LogP contribution in [-0.2, 0) is 6.61 Å². The van der Waals surface area contributed by atoms with Gasteiger partial charge in [-0.3, -0.25) is 4.79 Å². The number of Topliss-reactive ketones (excluding diaryl/α,β-unsaturated/α-hetero) is 1. The molecule has 0 saturated carbocycles. The van der Waals surface area contributed by atoms with Crippen LogP contribution in [0.15, 0.2) is 24.3 Å². The van der Waals surface area contributed by atoms with Crippen LogP contribution in [0.5, 0.6) is 0 Å². The quantitative estimate of drug-likeness (QED) is 0.558. The average Bonchev–Trinajstić information content (AvgIpc) is 2.42. The van der Waals surface area contributed by atoms with Crippen molar-refractivity contribution in [2.24, 2.45) is 5.92 Å². The van der Waals surface area contributed by atoms with Gasteiger partial charge in [0.15, 0.2) is 5.78 Å². The summed E-state index contributed by atoms with van der Waals surface area (Å²) >= 11 is 0. The van der Waals surface area contributed by atoms with Crippen molar-refractivity contribution >= 4 is 5.78 Å². The summed E-state index contributed by atoms with van der Waals surface area (Å²) in [6, 6.07) is 7.26. The van der Waals surface area contributed by atoms with Crippen LogP contribution in [0.4, 0.5) is 0 Å². The van der Waals surface area contributed by atoms with Gasteiger partial charge in [0.1, 0.15) is 0 Å².